The van der Waals surface area contributed by atoms with Gasteiger partial charge in [0.2, 0.25) is 0 Å². The van der Waals surface area contributed by atoms with Gasteiger partial charge in [-0.3, -0.25) is 4.79 Å². The summed E-state index contributed by atoms with van der Waals surface area (Å²) in [5.74, 6) is 0.192. The molecule has 1 aromatic heterocycles. The first kappa shape index (κ1) is 20.9. The second kappa shape index (κ2) is 9.22. The van der Waals surface area contributed by atoms with Crippen LogP contribution in [0.2, 0.25) is 5.22 Å². The standard InChI is InChI=1S/C23H20ClFN2O4/c1-29-16-6-4-5-15(11-16)13-27(23(28)18-7-2-3-8-19(18)25)14-17-12-20(26-31-17)21-9-10-22(24)30-21/h2-11,17H,12-14H2,1H3. The molecule has 31 heavy (non-hydrogen) atoms. The molecule has 0 N–H and O–H groups in total. The van der Waals surface area contributed by atoms with Gasteiger partial charge >= 0.3 is 0 Å². The Labute approximate surface area is 183 Å². The highest BCUT2D eigenvalue weighted by atomic mass is 35.5. The summed E-state index contributed by atoms with van der Waals surface area (Å²) < 4.78 is 25.0. The third kappa shape index (κ3) is 4.88. The van der Waals surface area contributed by atoms with Crippen LogP contribution in [0.3, 0.4) is 0 Å². The molecule has 0 spiro atoms. The molecule has 0 saturated carbocycles. The van der Waals surface area contributed by atoms with Gasteiger partial charge in [0.25, 0.3) is 5.91 Å². The van der Waals surface area contributed by atoms with Gasteiger partial charge in [-0.1, -0.05) is 29.4 Å². The predicted octanol–water partition coefficient (Wildman–Crippen LogP) is 4.92. The summed E-state index contributed by atoms with van der Waals surface area (Å²) in [7, 11) is 1.58. The monoisotopic (exact) mass is 442 g/mol. The number of ether oxygens (including phenoxy) is 1. The van der Waals surface area contributed by atoms with Gasteiger partial charge in [0.15, 0.2) is 17.1 Å². The zero-order chi connectivity index (χ0) is 21.8. The van der Waals surface area contributed by atoms with Gasteiger partial charge in [-0.2, -0.15) is 0 Å². The fraction of sp³-hybridized carbons (Fsp3) is 0.217. The number of oxime groups is 1. The van der Waals surface area contributed by atoms with Crippen LogP contribution < -0.4 is 4.74 Å². The van der Waals surface area contributed by atoms with E-state index >= 15 is 0 Å². The van der Waals surface area contributed by atoms with Crippen LogP contribution in [-0.4, -0.2) is 36.3 Å². The summed E-state index contributed by atoms with van der Waals surface area (Å²) in [5, 5.41) is 4.33. The van der Waals surface area contributed by atoms with Gasteiger partial charge in [-0.15, -0.1) is 0 Å². The second-order valence-electron chi connectivity index (χ2n) is 7.09. The number of halogens is 2. The van der Waals surface area contributed by atoms with Crippen molar-refractivity contribution in [3.8, 4) is 5.75 Å². The van der Waals surface area contributed by atoms with Crippen molar-refractivity contribution in [2.45, 2.75) is 19.1 Å². The third-order valence-corrected chi connectivity index (χ3v) is 5.12. The lowest BCUT2D eigenvalue weighted by atomic mass is 10.1. The lowest BCUT2D eigenvalue weighted by molar-refractivity contribution is 0.0402. The molecule has 0 bridgehead atoms. The summed E-state index contributed by atoms with van der Waals surface area (Å²) in [4.78, 5) is 20.3. The Morgan fingerprint density at radius 2 is 2.06 bits per heavy atom. The zero-order valence-corrected chi connectivity index (χ0v) is 17.5. The maximum Gasteiger partial charge on any atom is 0.257 e. The molecule has 160 valence electrons. The van der Waals surface area contributed by atoms with Crippen molar-refractivity contribution < 1.29 is 23.2 Å². The SMILES string of the molecule is COc1cccc(CN(CC2CC(c3ccc(Cl)o3)=NO2)C(=O)c2ccccc2F)c1. The fourth-order valence-corrected chi connectivity index (χ4v) is 3.55. The number of methoxy groups -OCH3 is 1. The van der Waals surface area contributed by atoms with Gasteiger partial charge in [-0.05, 0) is 53.6 Å². The second-order valence-corrected chi connectivity index (χ2v) is 7.46. The first-order valence-corrected chi connectivity index (χ1v) is 10.1. The Kier molecular flexibility index (Phi) is 6.23. The van der Waals surface area contributed by atoms with Crippen molar-refractivity contribution in [2.24, 2.45) is 5.16 Å². The van der Waals surface area contributed by atoms with E-state index in [1.807, 2.05) is 24.3 Å². The number of hydrogen-bond donors (Lipinski definition) is 0. The van der Waals surface area contributed by atoms with Crippen LogP contribution in [-0.2, 0) is 11.4 Å². The number of hydrogen-bond acceptors (Lipinski definition) is 5. The number of furan rings is 1. The topological polar surface area (TPSA) is 64.3 Å². The van der Waals surface area contributed by atoms with Crippen LogP contribution in [0.25, 0.3) is 0 Å². The van der Waals surface area contributed by atoms with Crippen molar-refractivity contribution in [1.29, 1.82) is 0 Å². The van der Waals surface area contributed by atoms with Crippen LogP contribution >= 0.6 is 11.6 Å². The highest BCUT2D eigenvalue weighted by Gasteiger charge is 2.29. The number of carbonyl (C=O) groups is 1. The van der Waals surface area contributed by atoms with Crippen molar-refractivity contribution >= 4 is 23.2 Å². The van der Waals surface area contributed by atoms with Crippen LogP contribution in [0.1, 0.15) is 28.1 Å². The summed E-state index contributed by atoms with van der Waals surface area (Å²) >= 11 is 5.84. The Morgan fingerprint density at radius 1 is 1.23 bits per heavy atom. The number of benzene rings is 2. The minimum atomic E-state index is -0.572. The van der Waals surface area contributed by atoms with Crippen molar-refractivity contribution in [1.82, 2.24) is 4.90 Å². The van der Waals surface area contributed by atoms with Crippen molar-refractivity contribution in [2.75, 3.05) is 13.7 Å². The van der Waals surface area contributed by atoms with Gasteiger partial charge in [0.05, 0.1) is 19.2 Å². The van der Waals surface area contributed by atoms with E-state index < -0.39 is 17.8 Å². The highest BCUT2D eigenvalue weighted by molar-refractivity contribution is 6.29. The first-order chi connectivity index (χ1) is 15.0. The third-order valence-electron chi connectivity index (χ3n) is 4.91. The summed E-state index contributed by atoms with van der Waals surface area (Å²) in [6.07, 6.45) is 0.0310. The van der Waals surface area contributed by atoms with E-state index in [-0.39, 0.29) is 23.9 Å². The van der Waals surface area contributed by atoms with Gasteiger partial charge < -0.3 is 18.9 Å². The molecule has 4 rings (SSSR count). The largest absolute Gasteiger partial charge is 0.497 e. The molecule has 3 aromatic rings. The first-order valence-electron chi connectivity index (χ1n) is 9.68. The lowest BCUT2D eigenvalue weighted by Gasteiger charge is -2.25. The number of carbonyl (C=O) groups excluding carboxylic acids is 1. The van der Waals surface area contributed by atoms with Crippen LogP contribution in [0, 0.1) is 5.82 Å². The van der Waals surface area contributed by atoms with E-state index in [0.717, 1.165) is 5.56 Å². The van der Waals surface area contributed by atoms with E-state index in [1.54, 1.807) is 36.3 Å². The van der Waals surface area contributed by atoms with E-state index in [2.05, 4.69) is 5.16 Å². The minimum absolute atomic E-state index is 0.00218. The average molecular weight is 443 g/mol. The molecular formula is C23H20ClFN2O4. The minimum Gasteiger partial charge on any atom is -0.497 e. The molecule has 0 radical (unpaired) electrons. The van der Waals surface area contributed by atoms with Gasteiger partial charge in [0.1, 0.15) is 17.3 Å². The van der Waals surface area contributed by atoms with Crippen LogP contribution in [0.15, 0.2) is 70.2 Å². The molecule has 1 aliphatic rings. The number of nitrogens with zero attached hydrogens (tertiary/aromatic N) is 2. The quantitative estimate of drug-likeness (QED) is 0.521. The lowest BCUT2D eigenvalue weighted by Crippen LogP contribution is -2.37. The van der Waals surface area contributed by atoms with E-state index in [1.165, 1.54) is 12.1 Å². The summed E-state index contributed by atoms with van der Waals surface area (Å²) in [5.41, 5.74) is 1.46. The normalized spacial score (nSPS) is 15.3. The molecule has 1 aliphatic heterocycles. The highest BCUT2D eigenvalue weighted by Crippen LogP contribution is 2.23. The van der Waals surface area contributed by atoms with Crippen LogP contribution in [0.5, 0.6) is 5.75 Å². The summed E-state index contributed by atoms with van der Waals surface area (Å²) in [6, 6.07) is 16.6. The molecule has 0 saturated heterocycles. The number of amides is 1. The maximum absolute atomic E-state index is 14.3. The average Bonchev–Trinajstić information content (AvgIpc) is 3.42. The molecule has 1 unspecified atom stereocenters. The Morgan fingerprint density at radius 3 is 2.81 bits per heavy atom. The van der Waals surface area contributed by atoms with Gasteiger partial charge in [-0.25, -0.2) is 4.39 Å². The van der Waals surface area contributed by atoms with Gasteiger partial charge in [0, 0.05) is 13.0 Å². The van der Waals surface area contributed by atoms with E-state index in [4.69, 9.17) is 25.6 Å². The molecule has 1 amide bonds. The maximum atomic E-state index is 14.3. The van der Waals surface area contributed by atoms with Crippen LogP contribution in [0.4, 0.5) is 4.39 Å². The molecule has 0 aliphatic carbocycles. The molecular weight excluding hydrogens is 423 g/mol. The summed E-state index contributed by atoms with van der Waals surface area (Å²) in [6.45, 7) is 0.470. The van der Waals surface area contributed by atoms with Crippen molar-refractivity contribution in [3.05, 3.63) is 88.6 Å². The Hall–Kier alpha value is -3.32. The predicted molar refractivity (Wildman–Crippen MR) is 114 cm³/mol. The molecule has 8 heteroatoms. The number of rotatable bonds is 7. The zero-order valence-electron chi connectivity index (χ0n) is 16.8. The molecule has 0 fully saturated rings. The molecule has 6 nitrogen and oxygen atoms in total. The molecule has 1 atom stereocenters. The van der Waals surface area contributed by atoms with E-state index in [9.17, 15) is 9.18 Å². The molecule has 2 heterocycles. The van der Waals surface area contributed by atoms with E-state index in [0.29, 0.717) is 23.6 Å². The Bertz CT molecular complexity index is 1110. The smallest absolute Gasteiger partial charge is 0.257 e. The fourth-order valence-electron chi connectivity index (χ4n) is 3.40. The Balaban J connectivity index is 1.54. The molecule has 2 aromatic carbocycles. The van der Waals surface area contributed by atoms with Crippen molar-refractivity contribution in [3.63, 3.8) is 0 Å².